The van der Waals surface area contributed by atoms with E-state index in [9.17, 15) is 0 Å². The van der Waals surface area contributed by atoms with E-state index in [0.29, 0.717) is 0 Å². The summed E-state index contributed by atoms with van der Waals surface area (Å²) in [5.74, 6) is 6.42. The van der Waals surface area contributed by atoms with Crippen LogP contribution in [0, 0.1) is 11.8 Å². The molecule has 0 radical (unpaired) electrons. The topological polar surface area (TPSA) is 26.0 Å². The van der Waals surface area contributed by atoms with Gasteiger partial charge in [0.25, 0.3) is 0 Å². The second kappa shape index (κ2) is 7.03. The van der Waals surface area contributed by atoms with Crippen LogP contribution in [0.1, 0.15) is 50.7 Å². The van der Waals surface area contributed by atoms with E-state index in [2.05, 4.69) is 32.3 Å². The summed E-state index contributed by atoms with van der Waals surface area (Å²) in [5, 5.41) is 0. The van der Waals surface area contributed by atoms with Crippen LogP contribution in [0.3, 0.4) is 0 Å². The molecular formula is C17H23N. The van der Waals surface area contributed by atoms with E-state index < -0.39 is 0 Å². The van der Waals surface area contributed by atoms with Crippen molar-refractivity contribution in [3.05, 3.63) is 42.0 Å². The van der Waals surface area contributed by atoms with Crippen LogP contribution < -0.4 is 5.73 Å². The molecule has 1 rings (SSSR count). The van der Waals surface area contributed by atoms with Crippen molar-refractivity contribution in [1.82, 2.24) is 0 Å². The third-order valence-corrected chi connectivity index (χ3v) is 3.21. The first-order valence-electron chi connectivity index (χ1n) is 6.68. The zero-order chi connectivity index (χ0) is 13.4. The summed E-state index contributed by atoms with van der Waals surface area (Å²) in [4.78, 5) is 0. The van der Waals surface area contributed by atoms with Gasteiger partial charge in [-0.1, -0.05) is 63.3 Å². The molecule has 96 valence electrons. The van der Waals surface area contributed by atoms with E-state index in [1.165, 1.54) is 0 Å². The van der Waals surface area contributed by atoms with Crippen molar-refractivity contribution in [3.63, 3.8) is 0 Å². The van der Waals surface area contributed by atoms with Crippen LogP contribution in [0.25, 0.3) is 6.08 Å². The van der Waals surface area contributed by atoms with Crippen molar-refractivity contribution in [2.24, 2.45) is 5.73 Å². The highest BCUT2D eigenvalue weighted by molar-refractivity contribution is 5.49. The molecule has 0 aliphatic heterocycles. The molecule has 0 aliphatic rings. The quantitative estimate of drug-likeness (QED) is 0.775. The molecule has 0 spiro atoms. The van der Waals surface area contributed by atoms with Crippen molar-refractivity contribution in [2.75, 3.05) is 0 Å². The molecule has 1 aromatic rings. The first-order chi connectivity index (χ1) is 8.63. The van der Waals surface area contributed by atoms with Crippen LogP contribution in [0.15, 0.2) is 30.8 Å². The minimum absolute atomic E-state index is 0.340. The second-order valence-electron chi connectivity index (χ2n) is 4.69. The molecule has 0 saturated heterocycles. The average Bonchev–Trinajstić information content (AvgIpc) is 2.43. The summed E-state index contributed by atoms with van der Waals surface area (Å²) in [6, 6.07) is 8.07. The fraction of sp³-hybridized carbons (Fsp3) is 0.412. The van der Waals surface area contributed by atoms with Gasteiger partial charge in [0, 0.05) is 5.56 Å². The van der Waals surface area contributed by atoms with Gasteiger partial charge in [-0.25, -0.2) is 0 Å². The van der Waals surface area contributed by atoms with Crippen LogP contribution in [0.2, 0.25) is 0 Å². The van der Waals surface area contributed by atoms with Gasteiger partial charge in [-0.05, 0) is 30.5 Å². The van der Waals surface area contributed by atoms with Gasteiger partial charge in [0.05, 0.1) is 5.54 Å². The molecule has 0 saturated carbocycles. The van der Waals surface area contributed by atoms with Gasteiger partial charge < -0.3 is 5.73 Å². The molecule has 1 atom stereocenters. The van der Waals surface area contributed by atoms with E-state index in [0.717, 1.165) is 36.8 Å². The molecule has 0 fully saturated rings. The fourth-order valence-electron chi connectivity index (χ4n) is 1.72. The van der Waals surface area contributed by atoms with Crippen molar-refractivity contribution < 1.29 is 0 Å². The molecule has 1 nitrogen and oxygen atoms in total. The number of hydrogen-bond donors (Lipinski definition) is 1. The van der Waals surface area contributed by atoms with E-state index in [-0.39, 0.29) is 5.54 Å². The van der Waals surface area contributed by atoms with Gasteiger partial charge in [0.1, 0.15) is 0 Å². The molecule has 0 amide bonds. The van der Waals surface area contributed by atoms with Crippen LogP contribution in [-0.4, -0.2) is 5.54 Å². The maximum Gasteiger partial charge on any atom is 0.0777 e. The third-order valence-electron chi connectivity index (χ3n) is 3.21. The zero-order valence-corrected chi connectivity index (χ0v) is 11.5. The van der Waals surface area contributed by atoms with Gasteiger partial charge in [0.2, 0.25) is 0 Å². The van der Waals surface area contributed by atoms with Crippen molar-refractivity contribution in [2.45, 2.75) is 45.1 Å². The Bertz CT molecular complexity index is 433. The summed E-state index contributed by atoms with van der Waals surface area (Å²) in [5.41, 5.74) is 8.08. The molecule has 18 heavy (non-hydrogen) atoms. The van der Waals surface area contributed by atoms with E-state index in [1.54, 1.807) is 0 Å². The van der Waals surface area contributed by atoms with Crippen LogP contribution in [0.4, 0.5) is 0 Å². The Kier molecular flexibility index (Phi) is 5.68. The molecule has 0 heterocycles. The number of nitrogens with two attached hydrogens (primary N) is 1. The van der Waals surface area contributed by atoms with Crippen molar-refractivity contribution >= 4 is 6.08 Å². The largest absolute Gasteiger partial charge is 0.315 e. The SMILES string of the molecule is C=Cc1ccc(C#CC(N)(CC)CCCC)cc1. The minimum Gasteiger partial charge on any atom is -0.315 e. The number of benzene rings is 1. The van der Waals surface area contributed by atoms with Gasteiger partial charge in [-0.2, -0.15) is 0 Å². The third kappa shape index (κ3) is 4.39. The smallest absolute Gasteiger partial charge is 0.0777 e. The number of hydrogen-bond acceptors (Lipinski definition) is 1. The van der Waals surface area contributed by atoms with E-state index >= 15 is 0 Å². The van der Waals surface area contributed by atoms with Crippen molar-refractivity contribution in [1.29, 1.82) is 0 Å². The molecule has 1 aromatic carbocycles. The highest BCUT2D eigenvalue weighted by Gasteiger charge is 2.18. The van der Waals surface area contributed by atoms with Gasteiger partial charge in [-0.3, -0.25) is 0 Å². The number of rotatable bonds is 5. The minimum atomic E-state index is -0.340. The molecular weight excluding hydrogens is 218 g/mol. The lowest BCUT2D eigenvalue weighted by atomic mass is 9.91. The Morgan fingerprint density at radius 2 is 1.94 bits per heavy atom. The lowest BCUT2D eigenvalue weighted by Crippen LogP contribution is -2.37. The Balaban J connectivity index is 2.80. The lowest BCUT2D eigenvalue weighted by molar-refractivity contribution is 0.467. The summed E-state index contributed by atoms with van der Waals surface area (Å²) in [6.45, 7) is 8.02. The predicted molar refractivity (Wildman–Crippen MR) is 80.1 cm³/mol. The average molecular weight is 241 g/mol. The van der Waals surface area contributed by atoms with Gasteiger partial charge >= 0.3 is 0 Å². The molecule has 0 bridgehead atoms. The fourth-order valence-corrected chi connectivity index (χ4v) is 1.72. The van der Waals surface area contributed by atoms with E-state index in [4.69, 9.17) is 5.73 Å². The summed E-state index contributed by atoms with van der Waals surface area (Å²) < 4.78 is 0. The normalized spacial score (nSPS) is 13.3. The van der Waals surface area contributed by atoms with Crippen molar-refractivity contribution in [3.8, 4) is 11.8 Å². The maximum atomic E-state index is 6.30. The molecule has 1 unspecified atom stereocenters. The lowest BCUT2D eigenvalue weighted by Gasteiger charge is -2.21. The molecule has 0 aromatic heterocycles. The molecule has 0 aliphatic carbocycles. The number of unbranched alkanes of at least 4 members (excludes halogenated alkanes) is 1. The Morgan fingerprint density at radius 3 is 2.44 bits per heavy atom. The zero-order valence-electron chi connectivity index (χ0n) is 11.5. The molecule has 1 heteroatoms. The monoisotopic (exact) mass is 241 g/mol. The summed E-state index contributed by atoms with van der Waals surface area (Å²) in [7, 11) is 0. The summed E-state index contributed by atoms with van der Waals surface area (Å²) in [6.07, 6.45) is 5.99. The summed E-state index contributed by atoms with van der Waals surface area (Å²) >= 11 is 0. The van der Waals surface area contributed by atoms with Crippen LogP contribution in [-0.2, 0) is 0 Å². The first kappa shape index (κ1) is 14.5. The van der Waals surface area contributed by atoms with E-state index in [1.807, 2.05) is 30.3 Å². The highest BCUT2D eigenvalue weighted by atomic mass is 14.7. The Hall–Kier alpha value is -1.52. The second-order valence-corrected chi connectivity index (χ2v) is 4.69. The first-order valence-corrected chi connectivity index (χ1v) is 6.68. The van der Waals surface area contributed by atoms with Gasteiger partial charge in [-0.15, -0.1) is 0 Å². The Morgan fingerprint density at radius 1 is 1.28 bits per heavy atom. The maximum absolute atomic E-state index is 6.30. The Labute approximate surface area is 111 Å². The predicted octanol–water partition coefficient (Wildman–Crippen LogP) is 3.98. The molecule has 2 N–H and O–H groups in total. The standard InChI is InChI=1S/C17H23N/c1-4-7-13-17(18,6-3)14-12-16-10-8-15(5-2)9-11-16/h5,8-11H,2,4,6-7,13,18H2,1,3H3. The van der Waals surface area contributed by atoms with Crippen LogP contribution in [0.5, 0.6) is 0 Å². The van der Waals surface area contributed by atoms with Crippen LogP contribution >= 0.6 is 0 Å². The van der Waals surface area contributed by atoms with Gasteiger partial charge in [0.15, 0.2) is 0 Å². The highest BCUT2D eigenvalue weighted by Crippen LogP contribution is 2.15.